The van der Waals surface area contributed by atoms with Crippen molar-refractivity contribution in [3.05, 3.63) is 23.8 Å². The maximum absolute atomic E-state index is 9.72. The van der Waals surface area contributed by atoms with Crippen molar-refractivity contribution in [2.45, 2.75) is 6.42 Å². The first-order valence-electron chi connectivity index (χ1n) is 5.95. The van der Waals surface area contributed by atoms with Crippen LogP contribution in [-0.4, -0.2) is 38.8 Å². The highest BCUT2D eigenvalue weighted by Gasteiger charge is 2.10. The van der Waals surface area contributed by atoms with Gasteiger partial charge in [0.15, 0.2) is 11.5 Å². The first-order valence-corrected chi connectivity index (χ1v) is 5.95. The minimum Gasteiger partial charge on any atom is -0.504 e. The van der Waals surface area contributed by atoms with Gasteiger partial charge in [-0.3, -0.25) is 0 Å². The van der Waals surface area contributed by atoms with E-state index in [1.165, 1.54) is 6.07 Å². The molecule has 20 heavy (non-hydrogen) atoms. The zero-order valence-electron chi connectivity index (χ0n) is 11.0. The molecule has 2 rings (SSSR count). The third-order valence-electron chi connectivity index (χ3n) is 2.81. The zero-order valence-corrected chi connectivity index (χ0v) is 11.0. The van der Waals surface area contributed by atoms with E-state index >= 15 is 0 Å². The molecule has 0 aliphatic rings. The van der Waals surface area contributed by atoms with Crippen LogP contribution < -0.4 is 16.4 Å². The van der Waals surface area contributed by atoms with Crippen LogP contribution in [0.1, 0.15) is 5.56 Å². The van der Waals surface area contributed by atoms with Crippen LogP contribution in [0, 0.1) is 0 Å². The number of anilines is 3. The largest absolute Gasteiger partial charge is 0.504 e. The molecule has 0 unspecified atom stereocenters. The monoisotopic (exact) mass is 276 g/mol. The molecule has 0 amide bonds. The van der Waals surface area contributed by atoms with Gasteiger partial charge in [0.05, 0.1) is 0 Å². The molecular weight excluding hydrogens is 260 g/mol. The summed E-state index contributed by atoms with van der Waals surface area (Å²) < 4.78 is 0. The Kier molecular flexibility index (Phi) is 3.74. The highest BCUT2D eigenvalue weighted by atomic mass is 16.3. The normalized spacial score (nSPS) is 10.4. The first-order chi connectivity index (χ1) is 9.47. The lowest BCUT2D eigenvalue weighted by molar-refractivity contribution is 0.399. The fourth-order valence-corrected chi connectivity index (χ4v) is 1.74. The van der Waals surface area contributed by atoms with Crippen molar-refractivity contribution in [2.24, 2.45) is 0 Å². The van der Waals surface area contributed by atoms with E-state index in [0.29, 0.717) is 24.5 Å². The van der Waals surface area contributed by atoms with Crippen LogP contribution >= 0.6 is 0 Å². The Morgan fingerprint density at radius 1 is 1.10 bits per heavy atom. The minimum absolute atomic E-state index is 0.0551. The summed E-state index contributed by atoms with van der Waals surface area (Å²) in [4.78, 5) is 13.4. The molecule has 0 aliphatic carbocycles. The van der Waals surface area contributed by atoms with Crippen LogP contribution in [0.2, 0.25) is 0 Å². The molecule has 0 saturated carbocycles. The quantitative estimate of drug-likeness (QED) is 0.579. The standard InChI is InChI=1S/C12H16N6O2/c1-18(12-16-10(13)15-11(14)17-12)6-5-7-3-2-4-8(19)9(7)20/h2-4,19-20H,5-6H2,1H3,(H4,13,14,15,16,17). The summed E-state index contributed by atoms with van der Waals surface area (Å²) in [5, 5.41) is 19.1. The molecule has 0 fully saturated rings. The van der Waals surface area contributed by atoms with E-state index in [9.17, 15) is 10.2 Å². The van der Waals surface area contributed by atoms with Gasteiger partial charge >= 0.3 is 0 Å². The predicted octanol–water partition coefficient (Wildman–Crippen LogP) is 0.126. The number of para-hydroxylation sites is 1. The number of benzene rings is 1. The van der Waals surface area contributed by atoms with Gasteiger partial charge in [-0.15, -0.1) is 0 Å². The van der Waals surface area contributed by atoms with E-state index in [-0.39, 0.29) is 23.4 Å². The number of phenolic OH excluding ortho intramolecular Hbond substituents is 2. The van der Waals surface area contributed by atoms with Crippen molar-refractivity contribution < 1.29 is 10.2 Å². The predicted molar refractivity (Wildman–Crippen MR) is 75.4 cm³/mol. The summed E-state index contributed by atoms with van der Waals surface area (Å²) in [5.41, 5.74) is 11.6. The number of nitrogens with zero attached hydrogens (tertiary/aromatic N) is 4. The molecule has 2 aromatic rings. The number of aromatic hydroxyl groups is 2. The summed E-state index contributed by atoms with van der Waals surface area (Å²) in [6.07, 6.45) is 0.502. The molecule has 0 bridgehead atoms. The average Bonchev–Trinajstić information content (AvgIpc) is 2.39. The Hall–Kier alpha value is -2.77. The minimum atomic E-state index is -0.140. The highest BCUT2D eigenvalue weighted by Crippen LogP contribution is 2.28. The molecule has 0 saturated heterocycles. The number of hydrogen-bond donors (Lipinski definition) is 4. The van der Waals surface area contributed by atoms with E-state index < -0.39 is 0 Å². The molecule has 1 aromatic heterocycles. The second-order valence-electron chi connectivity index (χ2n) is 4.31. The van der Waals surface area contributed by atoms with Crippen LogP contribution in [0.3, 0.4) is 0 Å². The molecule has 6 N–H and O–H groups in total. The molecule has 0 aliphatic heterocycles. The van der Waals surface area contributed by atoms with E-state index in [4.69, 9.17) is 11.5 Å². The van der Waals surface area contributed by atoms with E-state index in [1.54, 1.807) is 24.1 Å². The fourth-order valence-electron chi connectivity index (χ4n) is 1.74. The molecule has 0 spiro atoms. The summed E-state index contributed by atoms with van der Waals surface area (Å²) >= 11 is 0. The number of nitrogen functional groups attached to an aromatic ring is 2. The second kappa shape index (κ2) is 5.47. The van der Waals surface area contributed by atoms with Crippen molar-refractivity contribution in [3.8, 4) is 11.5 Å². The fraction of sp³-hybridized carbons (Fsp3) is 0.250. The van der Waals surface area contributed by atoms with Gasteiger partial charge in [0.2, 0.25) is 17.8 Å². The summed E-state index contributed by atoms with van der Waals surface area (Å²) in [5.74, 6) is 0.211. The third-order valence-corrected chi connectivity index (χ3v) is 2.81. The average molecular weight is 276 g/mol. The van der Waals surface area contributed by atoms with Crippen molar-refractivity contribution in [1.29, 1.82) is 0 Å². The highest BCUT2D eigenvalue weighted by molar-refractivity contribution is 5.45. The lowest BCUT2D eigenvalue weighted by Gasteiger charge is -2.17. The lowest BCUT2D eigenvalue weighted by atomic mass is 10.1. The van der Waals surface area contributed by atoms with Crippen molar-refractivity contribution >= 4 is 17.8 Å². The topological polar surface area (TPSA) is 134 Å². The molecule has 8 heteroatoms. The molecule has 8 nitrogen and oxygen atoms in total. The molecule has 1 heterocycles. The SMILES string of the molecule is CN(CCc1cccc(O)c1O)c1nc(N)nc(N)n1. The van der Waals surface area contributed by atoms with Crippen LogP contribution in [0.25, 0.3) is 0 Å². The number of likely N-dealkylation sites (N-methyl/N-ethyl adjacent to an activating group) is 1. The molecule has 0 atom stereocenters. The Balaban J connectivity index is 2.08. The van der Waals surface area contributed by atoms with Gasteiger partial charge in [0.1, 0.15) is 0 Å². The molecule has 106 valence electrons. The van der Waals surface area contributed by atoms with E-state index in [1.807, 2.05) is 0 Å². The van der Waals surface area contributed by atoms with Gasteiger partial charge in [-0.05, 0) is 18.1 Å². The van der Waals surface area contributed by atoms with Crippen molar-refractivity contribution in [2.75, 3.05) is 30.0 Å². The second-order valence-corrected chi connectivity index (χ2v) is 4.31. The van der Waals surface area contributed by atoms with E-state index in [2.05, 4.69) is 15.0 Å². The van der Waals surface area contributed by atoms with Crippen molar-refractivity contribution in [3.63, 3.8) is 0 Å². The Labute approximate surface area is 115 Å². The van der Waals surface area contributed by atoms with Gasteiger partial charge in [-0.25, -0.2) is 0 Å². The number of phenols is 2. The first kappa shape index (κ1) is 13.7. The number of rotatable bonds is 4. The maximum Gasteiger partial charge on any atom is 0.231 e. The van der Waals surface area contributed by atoms with Crippen LogP contribution in [0.5, 0.6) is 11.5 Å². The van der Waals surface area contributed by atoms with Crippen LogP contribution in [0.15, 0.2) is 18.2 Å². The van der Waals surface area contributed by atoms with Crippen molar-refractivity contribution in [1.82, 2.24) is 15.0 Å². The molecule has 0 radical (unpaired) electrons. The van der Waals surface area contributed by atoms with Gasteiger partial charge in [-0.1, -0.05) is 12.1 Å². The van der Waals surface area contributed by atoms with Gasteiger partial charge in [0, 0.05) is 13.6 Å². The zero-order chi connectivity index (χ0) is 14.7. The van der Waals surface area contributed by atoms with Gasteiger partial charge < -0.3 is 26.6 Å². The Morgan fingerprint density at radius 3 is 2.40 bits per heavy atom. The smallest absolute Gasteiger partial charge is 0.231 e. The number of aromatic nitrogens is 3. The Bertz CT molecular complexity index is 599. The summed E-state index contributed by atoms with van der Waals surface area (Å²) in [6, 6.07) is 4.83. The van der Waals surface area contributed by atoms with Crippen LogP contribution in [0.4, 0.5) is 17.8 Å². The van der Waals surface area contributed by atoms with Crippen LogP contribution in [-0.2, 0) is 6.42 Å². The Morgan fingerprint density at radius 2 is 1.75 bits per heavy atom. The summed E-state index contributed by atoms with van der Waals surface area (Å²) in [6.45, 7) is 0.514. The van der Waals surface area contributed by atoms with Gasteiger partial charge in [0.25, 0.3) is 0 Å². The maximum atomic E-state index is 9.72. The molecule has 1 aromatic carbocycles. The number of nitrogens with two attached hydrogens (primary N) is 2. The third kappa shape index (κ3) is 2.97. The number of hydrogen-bond acceptors (Lipinski definition) is 8. The molecular formula is C12H16N6O2. The van der Waals surface area contributed by atoms with E-state index in [0.717, 1.165) is 0 Å². The summed E-state index contributed by atoms with van der Waals surface area (Å²) in [7, 11) is 1.77. The lowest BCUT2D eigenvalue weighted by Crippen LogP contribution is -2.23. The van der Waals surface area contributed by atoms with Gasteiger partial charge in [-0.2, -0.15) is 15.0 Å².